The van der Waals surface area contributed by atoms with Crippen molar-refractivity contribution < 1.29 is 19.7 Å². The van der Waals surface area contributed by atoms with Crippen molar-refractivity contribution in [2.24, 2.45) is 0 Å². The van der Waals surface area contributed by atoms with Crippen molar-refractivity contribution in [3.8, 4) is 17.2 Å². The molecule has 0 amide bonds. The number of methoxy groups -OCH3 is 1. The van der Waals surface area contributed by atoms with Gasteiger partial charge in [0.1, 0.15) is 0 Å². The first-order chi connectivity index (χ1) is 15.5. The molecule has 32 heavy (non-hydrogen) atoms. The monoisotopic (exact) mass is 537 g/mol. The van der Waals surface area contributed by atoms with Gasteiger partial charge in [0.2, 0.25) is 0 Å². The Bertz CT molecular complexity index is 993. The molecule has 0 bridgehead atoms. The van der Waals surface area contributed by atoms with Crippen molar-refractivity contribution in [3.05, 3.63) is 68.8 Å². The molecule has 168 valence electrons. The predicted molar refractivity (Wildman–Crippen MR) is 130 cm³/mol. The summed E-state index contributed by atoms with van der Waals surface area (Å²) in [6, 6.07) is 13.5. The molecule has 0 atom stereocenters. The molecule has 0 aromatic heterocycles. The number of hydrogen-bond acceptors (Lipinski definition) is 5. The summed E-state index contributed by atoms with van der Waals surface area (Å²) in [4.78, 5) is 2.47. The molecular weight excluding hydrogens is 505 g/mol. The number of likely N-dealkylation sites (tertiary alicyclic amines) is 1. The zero-order valence-corrected chi connectivity index (χ0v) is 22.3. The Hall–Kier alpha value is -2.05. The number of ether oxygens (including phenoxy) is 2. The molecule has 0 spiro atoms. The van der Waals surface area contributed by atoms with E-state index >= 15 is 0 Å². The van der Waals surface area contributed by atoms with Gasteiger partial charge in [-0.15, -0.1) is 0 Å². The van der Waals surface area contributed by atoms with Crippen molar-refractivity contribution in [3.63, 3.8) is 0 Å². The Labute approximate surface area is 198 Å². The summed E-state index contributed by atoms with van der Waals surface area (Å²) >= 11 is -2.65. The molecule has 0 saturated carbocycles. The van der Waals surface area contributed by atoms with Crippen molar-refractivity contribution in [2.75, 3.05) is 33.4 Å². The summed E-state index contributed by atoms with van der Waals surface area (Å²) in [7, 11) is 1.68. The maximum absolute atomic E-state index is 10.7. The van der Waals surface area contributed by atoms with Crippen molar-refractivity contribution in [1.82, 2.24) is 4.90 Å². The van der Waals surface area contributed by atoms with Crippen molar-refractivity contribution in [2.45, 2.75) is 30.4 Å². The van der Waals surface area contributed by atoms with Crippen molar-refractivity contribution >= 4 is 24.8 Å². The molecule has 0 unspecified atom stereocenters. The quantitative estimate of drug-likeness (QED) is 0.505. The number of aromatic hydroxyl groups is 1. The number of phenolic OH excluding ortho intramolecular Hbond substituents is 1. The van der Waals surface area contributed by atoms with Crippen molar-refractivity contribution in [1.29, 1.82) is 0 Å². The molecule has 2 heterocycles. The van der Waals surface area contributed by atoms with E-state index in [4.69, 9.17) is 9.47 Å². The Morgan fingerprint density at radius 1 is 0.969 bits per heavy atom. The van der Waals surface area contributed by atoms with E-state index in [1.807, 2.05) is 24.3 Å². The third kappa shape index (κ3) is 5.46. The summed E-state index contributed by atoms with van der Waals surface area (Å²) in [6.07, 6.45) is 5.84. The SMILES string of the molecule is COc1cc([CH2][In]2[C](O)=CC(C)=[C]2c2ccc(O)cc2)ccc1OCCN1CCCCC1. The fourth-order valence-electron chi connectivity index (χ4n) is 4.76. The summed E-state index contributed by atoms with van der Waals surface area (Å²) in [5.74, 6) is 1.79. The molecule has 2 N–H and O–H groups in total. The second kappa shape index (κ2) is 10.7. The third-order valence-electron chi connectivity index (χ3n) is 6.45. The van der Waals surface area contributed by atoms with E-state index in [9.17, 15) is 10.2 Å². The first-order valence-corrected chi connectivity index (χ1v) is 17.1. The average Bonchev–Trinajstić information content (AvgIpc) is 3.08. The van der Waals surface area contributed by atoms with Gasteiger partial charge in [-0.25, -0.2) is 0 Å². The van der Waals surface area contributed by atoms with Gasteiger partial charge >= 0.3 is 199 Å². The maximum atomic E-state index is 10.7. The minimum absolute atomic E-state index is 0.259. The number of allylic oxidation sites excluding steroid dienone is 2. The number of benzene rings is 2. The summed E-state index contributed by atoms with van der Waals surface area (Å²) < 4.78 is 14.4. The summed E-state index contributed by atoms with van der Waals surface area (Å²) in [6.45, 7) is 6.01. The number of phenols is 1. The van der Waals surface area contributed by atoms with Crippen LogP contribution in [-0.4, -0.2) is 69.9 Å². The average molecular weight is 537 g/mol. The summed E-state index contributed by atoms with van der Waals surface area (Å²) in [5, 5.41) is 20.4. The van der Waals surface area contributed by atoms with Gasteiger partial charge in [-0.1, -0.05) is 0 Å². The van der Waals surface area contributed by atoms with Gasteiger partial charge in [-0.3, -0.25) is 0 Å². The van der Waals surface area contributed by atoms with Crippen LogP contribution in [0.15, 0.2) is 57.6 Å². The van der Waals surface area contributed by atoms with Crippen LogP contribution in [-0.2, 0) is 4.18 Å². The molecule has 2 aromatic carbocycles. The normalized spacial score (nSPS) is 16.9. The van der Waals surface area contributed by atoms with Crippen LogP contribution in [0.25, 0.3) is 3.33 Å². The molecule has 6 heteroatoms. The molecule has 2 aromatic rings. The minimum atomic E-state index is -2.65. The number of nitrogens with zero attached hydrogens (tertiary/aromatic N) is 1. The Kier molecular flexibility index (Phi) is 7.74. The van der Waals surface area contributed by atoms with Gasteiger partial charge in [-0.2, -0.15) is 0 Å². The zero-order valence-electron chi connectivity index (χ0n) is 19.0. The molecule has 1 fully saturated rings. The van der Waals surface area contributed by atoms with Gasteiger partial charge in [0, 0.05) is 0 Å². The third-order valence-corrected chi connectivity index (χ3v) is 15.7. The molecule has 2 aliphatic heterocycles. The van der Waals surface area contributed by atoms with Gasteiger partial charge < -0.3 is 0 Å². The van der Waals surface area contributed by atoms with E-state index < -0.39 is 21.4 Å². The summed E-state index contributed by atoms with van der Waals surface area (Å²) in [5.41, 5.74) is 3.40. The Morgan fingerprint density at radius 2 is 1.72 bits per heavy atom. The van der Waals surface area contributed by atoms with Crippen LogP contribution in [0.5, 0.6) is 17.2 Å². The van der Waals surface area contributed by atoms with Crippen LogP contribution >= 0.6 is 0 Å². The fraction of sp³-hybridized carbons (Fsp3) is 0.385. The molecule has 2 aliphatic rings. The molecule has 1 saturated heterocycles. The first-order valence-electron chi connectivity index (χ1n) is 11.5. The first kappa shape index (κ1) is 23.1. The number of rotatable bonds is 8. The second-order valence-electron chi connectivity index (χ2n) is 8.71. The molecule has 4 rings (SSSR count). The van der Waals surface area contributed by atoms with E-state index in [2.05, 4.69) is 24.0 Å². The number of hydrogen-bond donors (Lipinski definition) is 2. The van der Waals surface area contributed by atoms with E-state index in [0.29, 0.717) is 10.1 Å². The number of aliphatic hydroxyl groups excluding tert-OH is 1. The molecule has 0 radical (unpaired) electrons. The Balaban J connectivity index is 1.45. The number of aliphatic hydroxyl groups is 1. The van der Waals surface area contributed by atoms with E-state index in [1.54, 1.807) is 19.2 Å². The van der Waals surface area contributed by atoms with Gasteiger partial charge in [0.05, 0.1) is 0 Å². The van der Waals surface area contributed by atoms with E-state index in [0.717, 1.165) is 38.9 Å². The predicted octanol–water partition coefficient (Wildman–Crippen LogP) is 4.85. The van der Waals surface area contributed by atoms with Crippen LogP contribution in [0.2, 0.25) is 0 Å². The number of piperidine rings is 1. The van der Waals surface area contributed by atoms with Crippen LogP contribution in [0.3, 0.4) is 0 Å². The second-order valence-corrected chi connectivity index (χ2v) is 16.4. The van der Waals surface area contributed by atoms with Crippen LogP contribution < -0.4 is 9.47 Å². The van der Waals surface area contributed by atoms with Crippen LogP contribution in [0, 0.1) is 0 Å². The molecule has 5 nitrogen and oxygen atoms in total. The fourth-order valence-corrected chi connectivity index (χ4v) is 13.6. The van der Waals surface area contributed by atoms with Crippen LogP contribution in [0.1, 0.15) is 37.3 Å². The van der Waals surface area contributed by atoms with Gasteiger partial charge in [0.15, 0.2) is 0 Å². The van der Waals surface area contributed by atoms with E-state index in [1.165, 1.54) is 35.7 Å². The Morgan fingerprint density at radius 3 is 2.44 bits per heavy atom. The van der Waals surface area contributed by atoms with Crippen LogP contribution in [0.4, 0.5) is 0 Å². The van der Waals surface area contributed by atoms with Gasteiger partial charge in [-0.05, 0) is 0 Å². The zero-order chi connectivity index (χ0) is 22.5. The standard InChI is InChI=1S/C15H22NO2.C11H10O2.In/c1-13-6-7-14(15(12-13)17-2)18-11-10-16-8-4-3-5-9-16;1-9(6-7-12)8-10-2-4-11(13)5-3-10;/h6-7,12H,1,3-5,8-11H2,2H3;2-6,12-13H,1H3;. The molecule has 0 aliphatic carbocycles. The van der Waals surface area contributed by atoms with Gasteiger partial charge in [0.25, 0.3) is 0 Å². The van der Waals surface area contributed by atoms with E-state index in [-0.39, 0.29) is 5.75 Å². The topological polar surface area (TPSA) is 62.2 Å². The molecular formula is C26H32InNO4.